The molecule has 0 bridgehead atoms. The van der Waals surface area contributed by atoms with E-state index in [1.807, 2.05) is 0 Å². The quantitative estimate of drug-likeness (QED) is 0.836. The summed E-state index contributed by atoms with van der Waals surface area (Å²) < 4.78 is 6.13. The predicted octanol–water partition coefficient (Wildman–Crippen LogP) is 3.60. The molecule has 19 heavy (non-hydrogen) atoms. The highest BCUT2D eigenvalue weighted by Crippen LogP contribution is 2.39. The van der Waals surface area contributed by atoms with Gasteiger partial charge in [0.25, 0.3) is 0 Å². The van der Waals surface area contributed by atoms with E-state index >= 15 is 0 Å². The Hall–Kier alpha value is 0.270. The maximum atomic E-state index is 6.13. The minimum atomic E-state index is 0.227. The Morgan fingerprint density at radius 3 is 2.68 bits per heavy atom. The van der Waals surface area contributed by atoms with Gasteiger partial charge in [0.15, 0.2) is 0 Å². The van der Waals surface area contributed by atoms with Gasteiger partial charge in [-0.25, -0.2) is 0 Å². The Balaban J connectivity index is 1.54. The van der Waals surface area contributed by atoms with Crippen molar-refractivity contribution in [1.82, 2.24) is 5.32 Å². The summed E-state index contributed by atoms with van der Waals surface area (Å²) in [5.74, 6) is 2.52. The SMILES string of the molecule is CC1(C)CCCC(NC2CCOC3(CCSC3)C2)C1. The van der Waals surface area contributed by atoms with Gasteiger partial charge in [0, 0.05) is 24.4 Å². The number of thioether (sulfide) groups is 1. The zero-order valence-electron chi connectivity index (χ0n) is 12.5. The van der Waals surface area contributed by atoms with Crippen molar-refractivity contribution in [2.45, 2.75) is 76.5 Å². The van der Waals surface area contributed by atoms with Crippen LogP contribution in [0.4, 0.5) is 0 Å². The standard InChI is InChI=1S/C16H29NOS/c1-15(2)6-3-4-13(10-15)17-14-5-8-18-16(11-14)7-9-19-12-16/h13-14,17H,3-12H2,1-2H3. The van der Waals surface area contributed by atoms with Crippen molar-refractivity contribution in [3.05, 3.63) is 0 Å². The van der Waals surface area contributed by atoms with Crippen molar-refractivity contribution < 1.29 is 4.74 Å². The molecular weight excluding hydrogens is 254 g/mol. The van der Waals surface area contributed by atoms with Crippen LogP contribution in [0.2, 0.25) is 0 Å². The molecule has 1 aliphatic carbocycles. The Morgan fingerprint density at radius 2 is 1.95 bits per heavy atom. The van der Waals surface area contributed by atoms with Crippen LogP contribution >= 0.6 is 11.8 Å². The first-order valence-electron chi connectivity index (χ1n) is 8.05. The molecule has 3 atom stereocenters. The molecule has 1 saturated carbocycles. The van der Waals surface area contributed by atoms with Crippen molar-refractivity contribution in [3.63, 3.8) is 0 Å². The van der Waals surface area contributed by atoms with Crippen LogP contribution in [0, 0.1) is 5.41 Å². The maximum Gasteiger partial charge on any atom is 0.0795 e. The normalized spacial score (nSPS) is 42.6. The Bertz CT molecular complexity index is 312. The topological polar surface area (TPSA) is 21.3 Å². The first-order chi connectivity index (χ1) is 9.07. The van der Waals surface area contributed by atoms with E-state index in [1.54, 1.807) is 0 Å². The number of rotatable bonds is 2. The molecule has 3 unspecified atom stereocenters. The molecular formula is C16H29NOS. The van der Waals surface area contributed by atoms with Crippen molar-refractivity contribution >= 4 is 11.8 Å². The number of hydrogen-bond donors (Lipinski definition) is 1. The fraction of sp³-hybridized carbons (Fsp3) is 1.00. The van der Waals surface area contributed by atoms with Crippen molar-refractivity contribution in [2.75, 3.05) is 18.1 Å². The lowest BCUT2D eigenvalue weighted by Gasteiger charge is -2.42. The highest BCUT2D eigenvalue weighted by molar-refractivity contribution is 7.99. The number of hydrogen-bond acceptors (Lipinski definition) is 3. The lowest BCUT2D eigenvalue weighted by Crippen LogP contribution is -2.51. The largest absolute Gasteiger partial charge is 0.374 e. The molecule has 0 aromatic carbocycles. The maximum absolute atomic E-state index is 6.13. The molecule has 1 N–H and O–H groups in total. The van der Waals surface area contributed by atoms with Gasteiger partial charge in [-0.3, -0.25) is 0 Å². The third-order valence-corrected chi connectivity index (χ3v) is 6.46. The molecule has 3 fully saturated rings. The smallest absolute Gasteiger partial charge is 0.0795 e. The molecule has 110 valence electrons. The van der Waals surface area contributed by atoms with E-state index < -0.39 is 0 Å². The zero-order valence-corrected chi connectivity index (χ0v) is 13.4. The fourth-order valence-electron chi connectivity index (χ4n) is 4.21. The molecule has 2 nitrogen and oxygen atoms in total. The van der Waals surface area contributed by atoms with Gasteiger partial charge >= 0.3 is 0 Å². The van der Waals surface area contributed by atoms with Gasteiger partial charge in [-0.2, -0.15) is 11.8 Å². The van der Waals surface area contributed by atoms with Crippen LogP contribution < -0.4 is 5.32 Å². The summed E-state index contributed by atoms with van der Waals surface area (Å²) in [5, 5.41) is 3.98. The molecule has 3 rings (SSSR count). The first kappa shape index (κ1) is 14.2. The molecule has 3 aliphatic rings. The molecule has 0 amide bonds. The molecule has 2 saturated heterocycles. The highest BCUT2D eigenvalue weighted by atomic mass is 32.2. The van der Waals surface area contributed by atoms with Crippen molar-refractivity contribution in [2.24, 2.45) is 5.41 Å². The summed E-state index contributed by atoms with van der Waals surface area (Å²) in [5.41, 5.74) is 0.771. The minimum Gasteiger partial charge on any atom is -0.374 e. The average Bonchev–Trinajstić information content (AvgIpc) is 2.76. The zero-order chi connectivity index (χ0) is 13.3. The lowest BCUT2D eigenvalue weighted by atomic mass is 9.74. The fourth-order valence-corrected chi connectivity index (χ4v) is 5.59. The second kappa shape index (κ2) is 5.57. The number of nitrogens with one attached hydrogen (secondary N) is 1. The van der Waals surface area contributed by atoms with Crippen molar-refractivity contribution in [1.29, 1.82) is 0 Å². The average molecular weight is 283 g/mol. The van der Waals surface area contributed by atoms with Crippen LogP contribution in [0.3, 0.4) is 0 Å². The molecule has 2 heterocycles. The third-order valence-electron chi connectivity index (χ3n) is 5.24. The van der Waals surface area contributed by atoms with E-state index in [-0.39, 0.29) is 5.60 Å². The van der Waals surface area contributed by atoms with E-state index in [2.05, 4.69) is 30.9 Å². The van der Waals surface area contributed by atoms with Gasteiger partial charge in [0.2, 0.25) is 0 Å². The number of ether oxygens (including phenoxy) is 1. The van der Waals surface area contributed by atoms with Crippen LogP contribution in [0.5, 0.6) is 0 Å². The van der Waals surface area contributed by atoms with Gasteiger partial charge in [0.1, 0.15) is 0 Å². The highest BCUT2D eigenvalue weighted by Gasteiger charge is 2.41. The monoisotopic (exact) mass is 283 g/mol. The van der Waals surface area contributed by atoms with E-state index in [0.717, 1.165) is 12.6 Å². The Morgan fingerprint density at radius 1 is 1.11 bits per heavy atom. The predicted molar refractivity (Wildman–Crippen MR) is 82.8 cm³/mol. The van der Waals surface area contributed by atoms with Crippen molar-refractivity contribution in [3.8, 4) is 0 Å². The molecule has 3 heteroatoms. The summed E-state index contributed by atoms with van der Waals surface area (Å²) >= 11 is 2.07. The summed E-state index contributed by atoms with van der Waals surface area (Å²) in [6, 6.07) is 1.45. The van der Waals surface area contributed by atoms with Crippen LogP contribution in [-0.4, -0.2) is 35.8 Å². The summed E-state index contributed by atoms with van der Waals surface area (Å²) in [6.07, 6.45) is 9.26. The van der Waals surface area contributed by atoms with E-state index in [9.17, 15) is 0 Å². The van der Waals surface area contributed by atoms with E-state index in [0.29, 0.717) is 11.5 Å². The molecule has 1 spiro atoms. The minimum absolute atomic E-state index is 0.227. The third kappa shape index (κ3) is 3.48. The molecule has 0 aromatic rings. The second-order valence-corrected chi connectivity index (χ2v) is 8.75. The first-order valence-corrected chi connectivity index (χ1v) is 9.20. The van der Waals surface area contributed by atoms with Gasteiger partial charge < -0.3 is 10.1 Å². The van der Waals surface area contributed by atoms with Gasteiger partial charge in [-0.05, 0) is 49.7 Å². The van der Waals surface area contributed by atoms with E-state index in [1.165, 1.54) is 56.5 Å². The summed E-state index contributed by atoms with van der Waals surface area (Å²) in [7, 11) is 0. The summed E-state index contributed by atoms with van der Waals surface area (Å²) in [4.78, 5) is 0. The Kier molecular flexibility index (Phi) is 4.17. The molecule has 2 aliphatic heterocycles. The van der Waals surface area contributed by atoms with Gasteiger partial charge in [-0.1, -0.05) is 20.3 Å². The van der Waals surface area contributed by atoms with Gasteiger partial charge in [0.05, 0.1) is 5.60 Å². The van der Waals surface area contributed by atoms with Crippen LogP contribution in [0.25, 0.3) is 0 Å². The summed E-state index contributed by atoms with van der Waals surface area (Å²) in [6.45, 7) is 5.83. The molecule has 0 aromatic heterocycles. The van der Waals surface area contributed by atoms with Crippen LogP contribution in [0.15, 0.2) is 0 Å². The van der Waals surface area contributed by atoms with E-state index in [4.69, 9.17) is 4.74 Å². The van der Waals surface area contributed by atoms with Crippen LogP contribution in [0.1, 0.15) is 58.8 Å². The Labute approximate surface area is 122 Å². The second-order valence-electron chi connectivity index (χ2n) is 7.65. The lowest BCUT2D eigenvalue weighted by molar-refractivity contribution is -0.0723. The molecule has 0 radical (unpaired) electrons. The van der Waals surface area contributed by atoms with Crippen LogP contribution in [-0.2, 0) is 4.74 Å². The van der Waals surface area contributed by atoms with Gasteiger partial charge in [-0.15, -0.1) is 0 Å².